The van der Waals surface area contributed by atoms with Crippen molar-refractivity contribution < 1.29 is 9.53 Å². The largest absolute Gasteiger partial charge is 0.426 e. The first-order chi connectivity index (χ1) is 16.6. The lowest BCUT2D eigenvalue weighted by Gasteiger charge is -2.11. The first-order valence-electron chi connectivity index (χ1n) is 12.8. The SMILES string of the molecule is CCCCCCC(C)C(=O)Oc1ccc(-c2ccc(-c3ncc(CCCCC)cn3)cc2)cc1. The van der Waals surface area contributed by atoms with Gasteiger partial charge in [0.15, 0.2) is 5.82 Å². The predicted molar refractivity (Wildman–Crippen MR) is 140 cm³/mol. The van der Waals surface area contributed by atoms with Crippen molar-refractivity contribution in [1.29, 1.82) is 0 Å². The number of benzene rings is 2. The Labute approximate surface area is 204 Å². The van der Waals surface area contributed by atoms with Crippen LogP contribution in [0.4, 0.5) is 0 Å². The molecule has 4 nitrogen and oxygen atoms in total. The second-order valence-electron chi connectivity index (χ2n) is 9.15. The molecule has 0 saturated carbocycles. The summed E-state index contributed by atoms with van der Waals surface area (Å²) < 4.78 is 5.59. The third-order valence-electron chi connectivity index (χ3n) is 6.22. The highest BCUT2D eigenvalue weighted by molar-refractivity contribution is 5.75. The van der Waals surface area contributed by atoms with Crippen LogP contribution < -0.4 is 4.74 Å². The Balaban J connectivity index is 1.55. The van der Waals surface area contributed by atoms with Crippen molar-refractivity contribution in [3.8, 4) is 28.3 Å². The number of aromatic nitrogens is 2. The number of aryl methyl sites for hydroxylation is 1. The van der Waals surface area contributed by atoms with Crippen LogP contribution in [0.2, 0.25) is 0 Å². The molecule has 1 atom stereocenters. The number of esters is 1. The van der Waals surface area contributed by atoms with Crippen molar-refractivity contribution in [2.45, 2.75) is 78.6 Å². The molecule has 1 unspecified atom stereocenters. The van der Waals surface area contributed by atoms with Gasteiger partial charge in [-0.05, 0) is 48.1 Å². The molecule has 1 heterocycles. The Hall–Kier alpha value is -3.01. The Morgan fingerprint density at radius 1 is 0.765 bits per heavy atom. The topological polar surface area (TPSA) is 52.1 Å². The highest BCUT2D eigenvalue weighted by Crippen LogP contribution is 2.26. The third-order valence-corrected chi connectivity index (χ3v) is 6.22. The lowest BCUT2D eigenvalue weighted by Crippen LogP contribution is -2.17. The van der Waals surface area contributed by atoms with E-state index in [1.807, 2.05) is 43.6 Å². The molecule has 0 radical (unpaired) electrons. The second-order valence-corrected chi connectivity index (χ2v) is 9.15. The number of carbonyl (C=O) groups is 1. The van der Waals surface area contributed by atoms with Gasteiger partial charge in [0.2, 0.25) is 0 Å². The molecular formula is C30H38N2O2. The molecule has 1 aromatic heterocycles. The number of hydrogen-bond donors (Lipinski definition) is 0. The van der Waals surface area contributed by atoms with E-state index in [9.17, 15) is 4.79 Å². The summed E-state index contributed by atoms with van der Waals surface area (Å²) in [5.41, 5.74) is 4.37. The Kier molecular flexibility index (Phi) is 10.3. The van der Waals surface area contributed by atoms with Crippen LogP contribution in [0, 0.1) is 5.92 Å². The van der Waals surface area contributed by atoms with Gasteiger partial charge in [-0.1, -0.05) is 95.7 Å². The van der Waals surface area contributed by atoms with Crippen molar-refractivity contribution in [1.82, 2.24) is 9.97 Å². The maximum Gasteiger partial charge on any atom is 0.314 e. The zero-order valence-electron chi connectivity index (χ0n) is 20.9. The van der Waals surface area contributed by atoms with Crippen LogP contribution in [0.1, 0.15) is 77.7 Å². The molecule has 0 amide bonds. The molecule has 3 aromatic rings. The van der Waals surface area contributed by atoms with Gasteiger partial charge in [0.25, 0.3) is 0 Å². The lowest BCUT2D eigenvalue weighted by atomic mass is 10.0. The molecule has 0 aliphatic heterocycles. The highest BCUT2D eigenvalue weighted by atomic mass is 16.5. The van der Waals surface area contributed by atoms with Crippen molar-refractivity contribution in [2.75, 3.05) is 0 Å². The smallest absolute Gasteiger partial charge is 0.314 e. The fraction of sp³-hybridized carbons (Fsp3) is 0.433. The average molecular weight is 459 g/mol. The normalized spacial score (nSPS) is 11.9. The van der Waals surface area contributed by atoms with E-state index in [1.165, 1.54) is 44.1 Å². The van der Waals surface area contributed by atoms with Gasteiger partial charge in [-0.15, -0.1) is 0 Å². The maximum absolute atomic E-state index is 12.4. The maximum atomic E-state index is 12.4. The van der Waals surface area contributed by atoms with E-state index >= 15 is 0 Å². The Morgan fingerprint density at radius 3 is 1.94 bits per heavy atom. The van der Waals surface area contributed by atoms with Crippen LogP contribution in [-0.4, -0.2) is 15.9 Å². The van der Waals surface area contributed by atoms with Crippen molar-refractivity contribution in [2.24, 2.45) is 5.92 Å². The minimum Gasteiger partial charge on any atom is -0.426 e. The quantitative estimate of drug-likeness (QED) is 0.148. The van der Waals surface area contributed by atoms with Crippen molar-refractivity contribution >= 4 is 5.97 Å². The summed E-state index contributed by atoms with van der Waals surface area (Å²) in [5, 5.41) is 0. The number of nitrogens with zero attached hydrogens (tertiary/aromatic N) is 2. The van der Waals surface area contributed by atoms with Gasteiger partial charge >= 0.3 is 5.97 Å². The molecule has 180 valence electrons. The summed E-state index contributed by atoms with van der Waals surface area (Å²) in [5.74, 6) is 1.12. The van der Waals surface area contributed by atoms with E-state index in [1.54, 1.807) is 0 Å². The van der Waals surface area contributed by atoms with Crippen LogP contribution in [-0.2, 0) is 11.2 Å². The molecule has 2 aromatic carbocycles. The minimum absolute atomic E-state index is 0.0725. The lowest BCUT2D eigenvalue weighted by molar-refractivity contribution is -0.138. The molecule has 0 bridgehead atoms. The van der Waals surface area contributed by atoms with E-state index in [2.05, 4.69) is 48.1 Å². The summed E-state index contributed by atoms with van der Waals surface area (Å²) >= 11 is 0. The third kappa shape index (κ3) is 7.79. The van der Waals surface area contributed by atoms with Gasteiger partial charge in [0, 0.05) is 18.0 Å². The zero-order valence-corrected chi connectivity index (χ0v) is 20.9. The summed E-state index contributed by atoms with van der Waals surface area (Å²) in [6.07, 6.45) is 14.1. The molecule has 0 aliphatic carbocycles. The van der Waals surface area contributed by atoms with E-state index in [0.29, 0.717) is 5.75 Å². The fourth-order valence-corrected chi connectivity index (χ4v) is 3.95. The standard InChI is InChI=1S/C30H38N2O2/c1-4-6-8-10-11-23(3)30(33)34-28-19-17-26(18-20-28)25-13-15-27(16-14-25)29-31-21-24(22-32-29)12-9-7-5-2/h13-23H,4-12H2,1-3H3. The molecule has 0 N–H and O–H groups in total. The molecule has 3 rings (SSSR count). The van der Waals surface area contributed by atoms with Gasteiger partial charge in [-0.3, -0.25) is 4.79 Å². The van der Waals surface area contributed by atoms with Crippen LogP contribution in [0.3, 0.4) is 0 Å². The van der Waals surface area contributed by atoms with Gasteiger partial charge in [-0.25, -0.2) is 9.97 Å². The predicted octanol–water partition coefficient (Wildman–Crippen LogP) is 8.06. The molecule has 34 heavy (non-hydrogen) atoms. The summed E-state index contributed by atoms with van der Waals surface area (Å²) in [6.45, 7) is 6.36. The van der Waals surface area contributed by atoms with Crippen LogP contribution >= 0.6 is 0 Å². The van der Waals surface area contributed by atoms with E-state index in [0.717, 1.165) is 41.8 Å². The van der Waals surface area contributed by atoms with E-state index in [-0.39, 0.29) is 11.9 Å². The number of carbonyl (C=O) groups excluding carboxylic acids is 1. The monoisotopic (exact) mass is 458 g/mol. The molecule has 0 fully saturated rings. The van der Waals surface area contributed by atoms with Crippen LogP contribution in [0.5, 0.6) is 5.75 Å². The van der Waals surface area contributed by atoms with E-state index in [4.69, 9.17) is 4.74 Å². The minimum atomic E-state index is -0.148. The van der Waals surface area contributed by atoms with Gasteiger partial charge in [0.1, 0.15) is 5.75 Å². The number of unbranched alkanes of at least 4 members (excludes halogenated alkanes) is 5. The molecule has 0 saturated heterocycles. The molecule has 0 spiro atoms. The van der Waals surface area contributed by atoms with E-state index < -0.39 is 0 Å². The fourth-order valence-electron chi connectivity index (χ4n) is 3.95. The number of rotatable bonds is 13. The van der Waals surface area contributed by atoms with Gasteiger partial charge in [0.05, 0.1) is 5.92 Å². The van der Waals surface area contributed by atoms with Crippen molar-refractivity contribution in [3.05, 3.63) is 66.5 Å². The number of hydrogen-bond acceptors (Lipinski definition) is 4. The molecular weight excluding hydrogens is 420 g/mol. The summed E-state index contributed by atoms with van der Waals surface area (Å²) in [6, 6.07) is 16.0. The first-order valence-corrected chi connectivity index (χ1v) is 12.8. The van der Waals surface area contributed by atoms with Crippen LogP contribution in [0.25, 0.3) is 22.5 Å². The highest BCUT2D eigenvalue weighted by Gasteiger charge is 2.15. The second kappa shape index (κ2) is 13.6. The summed E-state index contributed by atoms with van der Waals surface area (Å²) in [7, 11) is 0. The molecule has 4 heteroatoms. The van der Waals surface area contributed by atoms with Gasteiger partial charge in [-0.2, -0.15) is 0 Å². The van der Waals surface area contributed by atoms with Gasteiger partial charge < -0.3 is 4.74 Å². The Bertz CT molecular complexity index is 995. The Morgan fingerprint density at radius 2 is 1.32 bits per heavy atom. The molecule has 0 aliphatic rings. The van der Waals surface area contributed by atoms with Crippen molar-refractivity contribution in [3.63, 3.8) is 0 Å². The summed E-state index contributed by atoms with van der Waals surface area (Å²) in [4.78, 5) is 21.5. The zero-order chi connectivity index (χ0) is 24.2. The first kappa shape index (κ1) is 25.6. The van der Waals surface area contributed by atoms with Crippen LogP contribution in [0.15, 0.2) is 60.9 Å². The average Bonchev–Trinajstić information content (AvgIpc) is 2.88. The number of ether oxygens (including phenoxy) is 1.